The van der Waals surface area contributed by atoms with Gasteiger partial charge >= 0.3 is 0 Å². The Bertz CT molecular complexity index is 1060. The lowest BCUT2D eigenvalue weighted by atomic mass is 10.1. The van der Waals surface area contributed by atoms with E-state index < -0.39 is 0 Å². The highest BCUT2D eigenvalue weighted by molar-refractivity contribution is 5.95. The molecule has 0 unspecified atom stereocenters. The smallest absolute Gasteiger partial charge is 0.253 e. The Labute approximate surface area is 175 Å². The van der Waals surface area contributed by atoms with Crippen LogP contribution < -0.4 is 10.2 Å². The Balaban J connectivity index is 1.47. The summed E-state index contributed by atoms with van der Waals surface area (Å²) in [5.41, 5.74) is 4.17. The number of nitrogens with zero attached hydrogens (tertiary/aromatic N) is 4. The molecule has 1 saturated heterocycles. The summed E-state index contributed by atoms with van der Waals surface area (Å²) in [6.07, 6.45) is 6.66. The van der Waals surface area contributed by atoms with Gasteiger partial charge in [-0.15, -0.1) is 0 Å². The fourth-order valence-electron chi connectivity index (χ4n) is 3.41. The molecule has 7 heteroatoms. The second-order valence-corrected chi connectivity index (χ2v) is 7.41. The molecule has 7 nitrogen and oxygen atoms in total. The molecule has 2 amide bonds. The van der Waals surface area contributed by atoms with Crippen LogP contribution in [0.5, 0.6) is 0 Å². The molecule has 1 aliphatic rings. The van der Waals surface area contributed by atoms with Crippen LogP contribution in [0.4, 0.5) is 17.2 Å². The average molecular weight is 401 g/mol. The summed E-state index contributed by atoms with van der Waals surface area (Å²) in [4.78, 5) is 36.0. The van der Waals surface area contributed by atoms with Crippen LogP contribution in [0.3, 0.4) is 0 Å². The molecule has 152 valence electrons. The maximum atomic E-state index is 12.0. The van der Waals surface area contributed by atoms with Crippen LogP contribution in [-0.4, -0.2) is 47.3 Å². The zero-order valence-electron chi connectivity index (χ0n) is 17.0. The van der Waals surface area contributed by atoms with Crippen molar-refractivity contribution in [3.63, 3.8) is 0 Å². The molecule has 0 spiro atoms. The summed E-state index contributed by atoms with van der Waals surface area (Å²) >= 11 is 0. The maximum Gasteiger partial charge on any atom is 0.253 e. The SMILES string of the molecule is CN(C)C(=O)c1ccc(-c2ccc(Nc3cncc(N4CCCC4=O)c3)nc2)cc1. The van der Waals surface area contributed by atoms with E-state index in [0.717, 1.165) is 35.5 Å². The second-order valence-electron chi connectivity index (χ2n) is 7.41. The van der Waals surface area contributed by atoms with E-state index in [1.54, 1.807) is 42.5 Å². The molecule has 2 aromatic heterocycles. The number of benzene rings is 1. The summed E-state index contributed by atoms with van der Waals surface area (Å²) in [7, 11) is 3.47. The van der Waals surface area contributed by atoms with E-state index >= 15 is 0 Å². The minimum Gasteiger partial charge on any atom is -0.345 e. The van der Waals surface area contributed by atoms with Crippen molar-refractivity contribution in [2.24, 2.45) is 0 Å². The molecule has 0 saturated carbocycles. The highest BCUT2D eigenvalue weighted by atomic mass is 16.2. The molecule has 1 aliphatic heterocycles. The second kappa shape index (κ2) is 8.32. The van der Waals surface area contributed by atoms with Crippen molar-refractivity contribution in [2.75, 3.05) is 30.9 Å². The van der Waals surface area contributed by atoms with E-state index in [1.165, 1.54) is 0 Å². The van der Waals surface area contributed by atoms with Gasteiger partial charge in [-0.3, -0.25) is 14.6 Å². The van der Waals surface area contributed by atoms with Crippen LogP contribution >= 0.6 is 0 Å². The number of hydrogen-bond acceptors (Lipinski definition) is 5. The van der Waals surface area contributed by atoms with E-state index in [9.17, 15) is 9.59 Å². The van der Waals surface area contributed by atoms with Crippen molar-refractivity contribution in [2.45, 2.75) is 12.8 Å². The van der Waals surface area contributed by atoms with Gasteiger partial charge in [0.15, 0.2) is 0 Å². The number of carbonyl (C=O) groups is 2. The number of anilines is 3. The standard InChI is InChI=1S/C23H23N5O2/c1-27(2)23(30)17-7-5-16(6-8-17)18-9-10-21(25-13-18)26-19-12-20(15-24-14-19)28-11-3-4-22(28)29/h5-10,12-15H,3-4,11H2,1-2H3,(H,25,26). The summed E-state index contributed by atoms with van der Waals surface area (Å²) in [5.74, 6) is 0.797. The number of hydrogen-bond donors (Lipinski definition) is 1. The highest BCUT2D eigenvalue weighted by Gasteiger charge is 2.22. The predicted molar refractivity (Wildman–Crippen MR) is 117 cm³/mol. The minimum absolute atomic E-state index is 0.0225. The summed E-state index contributed by atoms with van der Waals surface area (Å²) < 4.78 is 0. The first kappa shape index (κ1) is 19.6. The van der Waals surface area contributed by atoms with E-state index in [1.807, 2.05) is 42.5 Å². The van der Waals surface area contributed by atoms with E-state index in [2.05, 4.69) is 15.3 Å². The lowest BCUT2D eigenvalue weighted by Crippen LogP contribution is -2.23. The summed E-state index contributed by atoms with van der Waals surface area (Å²) in [6, 6.07) is 13.2. The maximum absolute atomic E-state index is 12.0. The first-order valence-corrected chi connectivity index (χ1v) is 9.82. The van der Waals surface area contributed by atoms with Gasteiger partial charge in [-0.25, -0.2) is 4.98 Å². The molecule has 1 fully saturated rings. The normalized spacial score (nSPS) is 13.4. The molecule has 30 heavy (non-hydrogen) atoms. The largest absolute Gasteiger partial charge is 0.345 e. The molecule has 0 bridgehead atoms. The lowest BCUT2D eigenvalue weighted by molar-refractivity contribution is -0.117. The Morgan fingerprint density at radius 1 is 1.03 bits per heavy atom. The molecule has 0 atom stereocenters. The minimum atomic E-state index is -0.0225. The van der Waals surface area contributed by atoms with Crippen LogP contribution in [0.15, 0.2) is 61.1 Å². The average Bonchev–Trinajstić information content (AvgIpc) is 3.20. The molecular formula is C23H23N5O2. The number of rotatable bonds is 5. The zero-order valence-corrected chi connectivity index (χ0v) is 17.0. The predicted octanol–water partition coefficient (Wildman–Crippen LogP) is 3.72. The van der Waals surface area contributed by atoms with Gasteiger partial charge in [-0.05, 0) is 42.3 Å². The van der Waals surface area contributed by atoms with Crippen LogP contribution in [0, 0.1) is 0 Å². The molecule has 1 aromatic carbocycles. The number of amides is 2. The van der Waals surface area contributed by atoms with Crippen molar-refractivity contribution in [1.82, 2.24) is 14.9 Å². The van der Waals surface area contributed by atoms with E-state index in [0.29, 0.717) is 17.8 Å². The monoisotopic (exact) mass is 401 g/mol. The Morgan fingerprint density at radius 2 is 1.80 bits per heavy atom. The first-order chi connectivity index (χ1) is 14.5. The highest BCUT2D eigenvalue weighted by Crippen LogP contribution is 2.25. The van der Waals surface area contributed by atoms with Gasteiger partial charge in [-0.1, -0.05) is 12.1 Å². The fourth-order valence-corrected chi connectivity index (χ4v) is 3.41. The van der Waals surface area contributed by atoms with Gasteiger partial charge in [-0.2, -0.15) is 0 Å². The molecule has 3 heterocycles. The van der Waals surface area contributed by atoms with Crippen LogP contribution in [0.25, 0.3) is 11.1 Å². The van der Waals surface area contributed by atoms with Gasteiger partial charge in [0.2, 0.25) is 5.91 Å². The number of nitrogens with one attached hydrogen (secondary N) is 1. The third-order valence-corrected chi connectivity index (χ3v) is 5.02. The number of aromatic nitrogens is 2. The third-order valence-electron chi connectivity index (χ3n) is 5.02. The van der Waals surface area contributed by atoms with Gasteiger partial charge in [0.1, 0.15) is 5.82 Å². The van der Waals surface area contributed by atoms with Crippen molar-refractivity contribution >= 4 is 29.0 Å². The molecular weight excluding hydrogens is 378 g/mol. The molecule has 0 aliphatic carbocycles. The Hall–Kier alpha value is -3.74. The van der Waals surface area contributed by atoms with Gasteiger partial charge in [0, 0.05) is 44.4 Å². The van der Waals surface area contributed by atoms with E-state index in [4.69, 9.17) is 0 Å². The number of carbonyl (C=O) groups excluding carboxylic acids is 2. The number of pyridine rings is 2. The Morgan fingerprint density at radius 3 is 2.43 bits per heavy atom. The Kier molecular flexibility index (Phi) is 5.43. The summed E-state index contributed by atoms with van der Waals surface area (Å²) in [5, 5.41) is 3.24. The topological polar surface area (TPSA) is 78.4 Å². The van der Waals surface area contributed by atoms with Crippen molar-refractivity contribution in [1.29, 1.82) is 0 Å². The van der Waals surface area contributed by atoms with Crippen LogP contribution in [0.2, 0.25) is 0 Å². The van der Waals surface area contributed by atoms with E-state index in [-0.39, 0.29) is 11.8 Å². The van der Waals surface area contributed by atoms with Crippen LogP contribution in [-0.2, 0) is 4.79 Å². The van der Waals surface area contributed by atoms with Crippen molar-refractivity contribution in [3.05, 3.63) is 66.6 Å². The molecule has 3 aromatic rings. The van der Waals surface area contributed by atoms with Crippen molar-refractivity contribution in [3.8, 4) is 11.1 Å². The van der Waals surface area contributed by atoms with Crippen molar-refractivity contribution < 1.29 is 9.59 Å². The molecule has 4 rings (SSSR count). The zero-order chi connectivity index (χ0) is 21.1. The molecule has 1 N–H and O–H groups in total. The van der Waals surface area contributed by atoms with Crippen LogP contribution in [0.1, 0.15) is 23.2 Å². The van der Waals surface area contributed by atoms with Gasteiger partial charge < -0.3 is 15.1 Å². The molecule has 0 radical (unpaired) electrons. The van der Waals surface area contributed by atoms with Gasteiger partial charge in [0.05, 0.1) is 23.8 Å². The fraction of sp³-hybridized carbons (Fsp3) is 0.217. The first-order valence-electron chi connectivity index (χ1n) is 9.82. The quantitative estimate of drug-likeness (QED) is 0.705. The summed E-state index contributed by atoms with van der Waals surface area (Å²) in [6.45, 7) is 0.732. The third kappa shape index (κ3) is 4.15. The van der Waals surface area contributed by atoms with Gasteiger partial charge in [0.25, 0.3) is 5.91 Å². The lowest BCUT2D eigenvalue weighted by Gasteiger charge is -2.16.